The molecule has 186 valence electrons. The maximum absolute atomic E-state index is 15.0. The number of amidine groups is 1. The Bertz CT molecular complexity index is 1460. The molecule has 1 aliphatic carbocycles. The van der Waals surface area contributed by atoms with Crippen LogP contribution in [0.4, 0.5) is 14.5 Å². The van der Waals surface area contributed by atoms with E-state index >= 15 is 0 Å². The van der Waals surface area contributed by atoms with Crippen molar-refractivity contribution < 1.29 is 27.8 Å². The minimum atomic E-state index is -0.926. The molecular formula is C24H22F2N6O4. The summed E-state index contributed by atoms with van der Waals surface area (Å²) in [6, 6.07) is 3.79. The van der Waals surface area contributed by atoms with E-state index in [1.807, 2.05) is 6.92 Å². The van der Waals surface area contributed by atoms with Crippen molar-refractivity contribution in [2.45, 2.75) is 25.7 Å². The first-order valence-electron chi connectivity index (χ1n) is 11.4. The van der Waals surface area contributed by atoms with Crippen LogP contribution in [0.2, 0.25) is 0 Å². The molecule has 1 aliphatic heterocycles. The van der Waals surface area contributed by atoms with Gasteiger partial charge in [-0.3, -0.25) is 0 Å². The lowest BCUT2D eigenvalue weighted by atomic mass is 9.93. The predicted molar refractivity (Wildman–Crippen MR) is 125 cm³/mol. The van der Waals surface area contributed by atoms with Gasteiger partial charge in [0.25, 0.3) is 6.02 Å². The van der Waals surface area contributed by atoms with Crippen molar-refractivity contribution in [3.8, 4) is 23.0 Å². The number of nitrogens with zero attached hydrogens (tertiary/aromatic N) is 4. The van der Waals surface area contributed by atoms with E-state index in [2.05, 4.69) is 30.5 Å². The van der Waals surface area contributed by atoms with Crippen molar-refractivity contribution in [2.24, 2.45) is 10.4 Å². The van der Waals surface area contributed by atoms with Gasteiger partial charge in [-0.1, -0.05) is 6.92 Å². The molecule has 1 aromatic carbocycles. The number of fused-ring (bicyclic) bond motifs is 1. The van der Waals surface area contributed by atoms with E-state index in [1.54, 1.807) is 6.20 Å². The molecule has 4 aromatic rings. The van der Waals surface area contributed by atoms with Crippen molar-refractivity contribution in [3.05, 3.63) is 48.1 Å². The number of aliphatic imine (C=N–C) groups is 1. The number of hydrogen-bond donors (Lipinski definition) is 3. The predicted octanol–water partition coefficient (Wildman–Crippen LogP) is 4.36. The first-order chi connectivity index (χ1) is 17.4. The van der Waals surface area contributed by atoms with E-state index in [-0.39, 0.29) is 42.5 Å². The Hall–Kier alpha value is -4.06. The van der Waals surface area contributed by atoms with Gasteiger partial charge in [0.2, 0.25) is 11.8 Å². The Balaban J connectivity index is 1.28. The highest BCUT2D eigenvalue weighted by molar-refractivity contribution is 5.96. The Labute approximate surface area is 203 Å². The minimum absolute atomic E-state index is 0.0849. The highest BCUT2D eigenvalue weighted by Gasteiger charge is 2.31. The zero-order valence-corrected chi connectivity index (χ0v) is 19.2. The largest absolute Gasteiger partial charge is 0.464 e. The smallest absolute Gasteiger partial charge is 0.289 e. The molecule has 0 amide bonds. The highest BCUT2D eigenvalue weighted by Crippen LogP contribution is 2.42. The molecule has 1 fully saturated rings. The summed E-state index contributed by atoms with van der Waals surface area (Å²) in [6.45, 7) is 2.28. The monoisotopic (exact) mass is 496 g/mol. The van der Waals surface area contributed by atoms with Crippen LogP contribution < -0.4 is 10.1 Å². The third-order valence-corrected chi connectivity index (χ3v) is 6.14. The number of pyridine rings is 1. The van der Waals surface area contributed by atoms with Crippen LogP contribution in [-0.2, 0) is 4.74 Å². The van der Waals surface area contributed by atoms with Crippen molar-refractivity contribution >= 4 is 22.7 Å². The normalized spacial score (nSPS) is 19.7. The van der Waals surface area contributed by atoms with Crippen LogP contribution in [0.25, 0.3) is 22.5 Å². The second-order valence-electron chi connectivity index (χ2n) is 9.33. The number of benzene rings is 1. The van der Waals surface area contributed by atoms with E-state index in [4.69, 9.17) is 13.9 Å². The van der Waals surface area contributed by atoms with E-state index in [9.17, 15) is 13.9 Å². The standard InChI is InChI=1S/C24H22F2N6O4/c1-24(10-33)9-29-23(34-11-24)30-13-6-15(25)19(16(26)7-13)35-17-4-5-27-20-18(17)14(8-28-20)22-32-31-21(36-22)12-2-3-12/h4-8,12,33H,2-3,9-11H2,1H3,(H,27,28)(H,29,30)/t24-/m1/s1. The number of nitrogens with one attached hydrogen (secondary N) is 2. The number of anilines is 1. The van der Waals surface area contributed by atoms with Gasteiger partial charge < -0.3 is 29.3 Å². The van der Waals surface area contributed by atoms with Crippen LogP contribution >= 0.6 is 0 Å². The van der Waals surface area contributed by atoms with Crippen molar-refractivity contribution in [1.29, 1.82) is 0 Å². The summed E-state index contributed by atoms with van der Waals surface area (Å²) in [5.74, 6) is -1.14. The van der Waals surface area contributed by atoms with Crippen molar-refractivity contribution in [1.82, 2.24) is 20.2 Å². The lowest BCUT2D eigenvalue weighted by Gasteiger charge is -2.30. The first-order valence-corrected chi connectivity index (χ1v) is 11.4. The molecule has 0 saturated heterocycles. The fourth-order valence-corrected chi connectivity index (χ4v) is 3.85. The molecule has 0 spiro atoms. The van der Waals surface area contributed by atoms with Gasteiger partial charge >= 0.3 is 0 Å². The topological polar surface area (TPSA) is 131 Å². The maximum atomic E-state index is 15.0. The molecule has 1 atom stereocenters. The second-order valence-corrected chi connectivity index (χ2v) is 9.33. The number of aromatic nitrogens is 4. The van der Waals surface area contributed by atoms with E-state index < -0.39 is 22.8 Å². The Morgan fingerprint density at radius 3 is 2.75 bits per heavy atom. The SMILES string of the molecule is C[C@]1(CO)CN=C(Nc2cc(F)c(Oc3ccnc4[nH]cc(-c5nnc(C6CC6)o5)c34)c(F)c2)OC1. The van der Waals surface area contributed by atoms with Crippen LogP contribution in [0.3, 0.4) is 0 Å². The second kappa shape index (κ2) is 8.55. The van der Waals surface area contributed by atoms with Crippen LogP contribution in [0, 0.1) is 17.0 Å². The molecule has 0 radical (unpaired) electrons. The third-order valence-electron chi connectivity index (χ3n) is 6.14. The van der Waals surface area contributed by atoms with E-state index in [0.29, 0.717) is 29.0 Å². The van der Waals surface area contributed by atoms with Gasteiger partial charge in [0.15, 0.2) is 17.4 Å². The average molecular weight is 496 g/mol. The van der Waals surface area contributed by atoms with Crippen molar-refractivity contribution in [2.75, 3.05) is 25.1 Å². The molecule has 0 unspecified atom stereocenters. The number of rotatable bonds is 6. The van der Waals surface area contributed by atoms with Crippen LogP contribution in [0.15, 0.2) is 40.0 Å². The highest BCUT2D eigenvalue weighted by atomic mass is 19.1. The summed E-state index contributed by atoms with van der Waals surface area (Å²) in [4.78, 5) is 11.5. The van der Waals surface area contributed by atoms with Gasteiger partial charge in [-0.05, 0) is 18.9 Å². The van der Waals surface area contributed by atoms with Gasteiger partial charge in [0.1, 0.15) is 18.0 Å². The number of halogens is 2. The quantitative estimate of drug-likeness (QED) is 0.359. The Kier molecular flexibility index (Phi) is 5.32. The molecular weight excluding hydrogens is 474 g/mol. The van der Waals surface area contributed by atoms with Crippen LogP contribution in [-0.4, -0.2) is 51.1 Å². The van der Waals surface area contributed by atoms with Gasteiger partial charge in [-0.25, -0.2) is 18.8 Å². The van der Waals surface area contributed by atoms with Gasteiger partial charge in [-0.15, -0.1) is 10.2 Å². The summed E-state index contributed by atoms with van der Waals surface area (Å²) in [5, 5.41) is 20.8. The summed E-state index contributed by atoms with van der Waals surface area (Å²) in [7, 11) is 0. The maximum Gasteiger partial charge on any atom is 0.289 e. The summed E-state index contributed by atoms with van der Waals surface area (Å²) in [5.41, 5.74) is 0.570. The molecule has 12 heteroatoms. The number of aliphatic hydroxyl groups is 1. The minimum Gasteiger partial charge on any atom is -0.464 e. The zero-order valence-electron chi connectivity index (χ0n) is 19.2. The number of aliphatic hydroxyl groups excluding tert-OH is 1. The molecule has 1 saturated carbocycles. The number of aromatic amines is 1. The van der Waals surface area contributed by atoms with Gasteiger partial charge in [-0.2, -0.15) is 0 Å². The molecule has 6 rings (SSSR count). The third kappa shape index (κ3) is 4.13. The lowest BCUT2D eigenvalue weighted by molar-refractivity contribution is 0.0706. The van der Waals surface area contributed by atoms with Crippen molar-refractivity contribution in [3.63, 3.8) is 0 Å². The summed E-state index contributed by atoms with van der Waals surface area (Å²) < 4.78 is 47.0. The number of ether oxygens (including phenoxy) is 2. The summed E-state index contributed by atoms with van der Waals surface area (Å²) in [6.07, 6.45) is 5.12. The average Bonchev–Trinajstić information content (AvgIpc) is 3.44. The molecule has 3 aromatic heterocycles. The Morgan fingerprint density at radius 2 is 2.06 bits per heavy atom. The Morgan fingerprint density at radius 1 is 1.25 bits per heavy atom. The first kappa shape index (κ1) is 22.4. The summed E-state index contributed by atoms with van der Waals surface area (Å²) >= 11 is 0. The molecule has 0 bridgehead atoms. The van der Waals surface area contributed by atoms with Gasteiger partial charge in [0.05, 0.1) is 24.1 Å². The van der Waals surface area contributed by atoms with E-state index in [1.165, 1.54) is 12.3 Å². The fraction of sp³-hybridized carbons (Fsp3) is 0.333. The van der Waals surface area contributed by atoms with Gasteiger partial charge in [0, 0.05) is 41.5 Å². The molecule has 10 nitrogen and oxygen atoms in total. The molecule has 2 aliphatic rings. The number of H-pyrrole nitrogens is 1. The van der Waals surface area contributed by atoms with Crippen LogP contribution in [0.1, 0.15) is 31.6 Å². The zero-order chi connectivity index (χ0) is 24.9. The molecule has 36 heavy (non-hydrogen) atoms. The molecule has 3 N–H and O–H groups in total. The number of hydrogen-bond acceptors (Lipinski definition) is 9. The fourth-order valence-electron chi connectivity index (χ4n) is 3.85. The van der Waals surface area contributed by atoms with E-state index in [0.717, 1.165) is 25.0 Å². The van der Waals surface area contributed by atoms with Crippen LogP contribution in [0.5, 0.6) is 11.5 Å². The lowest BCUT2D eigenvalue weighted by Crippen LogP contribution is -2.38. The molecule has 4 heterocycles.